The van der Waals surface area contributed by atoms with Crippen LogP contribution in [0.15, 0.2) is 18.2 Å². The number of hydrogen-bond acceptors (Lipinski definition) is 4. The normalized spacial score (nSPS) is 11.5. The van der Waals surface area contributed by atoms with Crippen LogP contribution in [-0.4, -0.2) is 29.3 Å². The quantitative estimate of drug-likeness (QED) is 0.832. The summed E-state index contributed by atoms with van der Waals surface area (Å²) in [7, 11) is 1.38. The lowest BCUT2D eigenvalue weighted by Gasteiger charge is -2.21. The number of halogens is 1. The van der Waals surface area contributed by atoms with Gasteiger partial charge in [-0.05, 0) is 46.8 Å². The molecule has 2 aromatic rings. The van der Waals surface area contributed by atoms with Gasteiger partial charge in [0.15, 0.2) is 11.4 Å². The SMILES string of the molecule is COC(=O)c1c(OC(C)C)c2cc(C)ccc2n1CC(C)(C)N.Cl. The number of rotatable bonds is 5. The molecule has 0 saturated carbocycles. The van der Waals surface area contributed by atoms with E-state index in [0.29, 0.717) is 18.0 Å². The van der Waals surface area contributed by atoms with Crippen LogP contribution in [0.5, 0.6) is 5.75 Å². The highest BCUT2D eigenvalue weighted by atomic mass is 35.5. The van der Waals surface area contributed by atoms with Gasteiger partial charge in [0, 0.05) is 17.5 Å². The van der Waals surface area contributed by atoms with Gasteiger partial charge in [-0.1, -0.05) is 11.6 Å². The first-order valence-corrected chi connectivity index (χ1v) is 7.80. The molecular weight excluding hydrogens is 328 g/mol. The van der Waals surface area contributed by atoms with Crippen LogP contribution in [0.4, 0.5) is 0 Å². The zero-order valence-corrected chi connectivity index (χ0v) is 16.0. The molecule has 0 saturated heterocycles. The molecule has 0 radical (unpaired) electrons. The van der Waals surface area contributed by atoms with E-state index in [9.17, 15) is 4.79 Å². The number of fused-ring (bicyclic) bond motifs is 1. The number of aromatic nitrogens is 1. The van der Waals surface area contributed by atoms with Gasteiger partial charge in [-0.2, -0.15) is 0 Å². The second-order valence-electron chi connectivity index (χ2n) is 6.93. The maximum atomic E-state index is 12.4. The van der Waals surface area contributed by atoms with Gasteiger partial charge >= 0.3 is 5.97 Å². The Balaban J connectivity index is 0.00000288. The summed E-state index contributed by atoms with van der Waals surface area (Å²) in [6.07, 6.45) is -0.0520. The fraction of sp³-hybridized carbons (Fsp3) is 0.500. The number of nitrogens with two attached hydrogens (primary N) is 1. The van der Waals surface area contributed by atoms with Crippen LogP contribution in [0.3, 0.4) is 0 Å². The predicted octanol–water partition coefficient (Wildman–Crippen LogP) is 3.68. The smallest absolute Gasteiger partial charge is 0.358 e. The summed E-state index contributed by atoms with van der Waals surface area (Å²) in [6.45, 7) is 10.2. The number of hydrogen-bond donors (Lipinski definition) is 1. The highest BCUT2D eigenvalue weighted by Gasteiger charge is 2.28. The molecule has 1 aromatic heterocycles. The van der Waals surface area contributed by atoms with Crippen molar-refractivity contribution in [2.45, 2.75) is 52.8 Å². The number of nitrogens with zero attached hydrogens (tertiary/aromatic N) is 1. The van der Waals surface area contributed by atoms with Crippen LogP contribution in [0, 0.1) is 6.92 Å². The van der Waals surface area contributed by atoms with Gasteiger partial charge in [0.1, 0.15) is 0 Å². The second kappa shape index (κ2) is 7.45. The Kier molecular flexibility index (Phi) is 6.31. The first-order valence-electron chi connectivity index (χ1n) is 7.80. The number of carbonyl (C=O) groups is 1. The van der Waals surface area contributed by atoms with Crippen LogP contribution in [-0.2, 0) is 11.3 Å². The van der Waals surface area contributed by atoms with E-state index in [0.717, 1.165) is 16.5 Å². The van der Waals surface area contributed by atoms with E-state index < -0.39 is 11.5 Å². The molecule has 0 unspecified atom stereocenters. The molecule has 134 valence electrons. The molecule has 0 aliphatic carbocycles. The average molecular weight is 355 g/mol. The topological polar surface area (TPSA) is 66.5 Å². The van der Waals surface area contributed by atoms with Crippen LogP contribution >= 0.6 is 12.4 Å². The molecule has 1 aromatic carbocycles. The molecule has 0 spiro atoms. The third kappa shape index (κ3) is 4.22. The molecular formula is C18H27ClN2O3. The number of esters is 1. The number of methoxy groups -OCH3 is 1. The van der Waals surface area contributed by atoms with E-state index in [1.54, 1.807) is 0 Å². The number of ether oxygens (including phenoxy) is 2. The molecule has 2 N–H and O–H groups in total. The highest BCUT2D eigenvalue weighted by molar-refractivity contribution is 6.02. The summed E-state index contributed by atoms with van der Waals surface area (Å²) < 4.78 is 12.9. The average Bonchev–Trinajstić information content (AvgIpc) is 2.69. The van der Waals surface area contributed by atoms with Crippen molar-refractivity contribution in [3.63, 3.8) is 0 Å². The third-order valence-corrected chi connectivity index (χ3v) is 3.47. The lowest BCUT2D eigenvalue weighted by Crippen LogP contribution is -2.37. The van der Waals surface area contributed by atoms with Crippen molar-refractivity contribution in [3.05, 3.63) is 29.5 Å². The molecule has 1 heterocycles. The van der Waals surface area contributed by atoms with Crippen molar-refractivity contribution in [1.29, 1.82) is 0 Å². The molecule has 2 rings (SSSR count). The van der Waals surface area contributed by atoms with Crippen molar-refractivity contribution in [2.24, 2.45) is 5.73 Å². The first-order chi connectivity index (χ1) is 10.6. The van der Waals surface area contributed by atoms with E-state index in [2.05, 4.69) is 0 Å². The summed E-state index contributed by atoms with van der Waals surface area (Å²) in [5.41, 5.74) is 8.16. The fourth-order valence-electron chi connectivity index (χ4n) is 2.66. The minimum atomic E-state index is -0.477. The molecule has 5 nitrogen and oxygen atoms in total. The molecule has 0 atom stereocenters. The van der Waals surface area contributed by atoms with Crippen LogP contribution in [0.25, 0.3) is 10.9 Å². The summed E-state index contributed by atoms with van der Waals surface area (Å²) in [6, 6.07) is 6.04. The zero-order valence-electron chi connectivity index (χ0n) is 15.2. The molecule has 6 heteroatoms. The maximum Gasteiger partial charge on any atom is 0.358 e. The van der Waals surface area contributed by atoms with Gasteiger partial charge in [0.25, 0.3) is 0 Å². The van der Waals surface area contributed by atoms with E-state index in [1.165, 1.54) is 7.11 Å². The monoisotopic (exact) mass is 354 g/mol. The van der Waals surface area contributed by atoms with E-state index in [4.69, 9.17) is 15.2 Å². The van der Waals surface area contributed by atoms with Crippen molar-refractivity contribution < 1.29 is 14.3 Å². The van der Waals surface area contributed by atoms with Crippen LogP contribution in [0.2, 0.25) is 0 Å². The van der Waals surface area contributed by atoms with Crippen molar-refractivity contribution >= 4 is 29.3 Å². The number of carbonyl (C=O) groups excluding carboxylic acids is 1. The Bertz CT molecular complexity index is 730. The standard InChI is InChI=1S/C18H26N2O3.ClH/c1-11(2)23-16-13-9-12(3)7-8-14(13)20(10-18(4,5)19)15(16)17(21)22-6;/h7-9,11H,10,19H2,1-6H3;1H. The third-order valence-electron chi connectivity index (χ3n) is 3.47. The van der Waals surface area contributed by atoms with E-state index in [-0.39, 0.29) is 18.5 Å². The van der Waals surface area contributed by atoms with E-state index >= 15 is 0 Å². The summed E-state index contributed by atoms with van der Waals surface area (Å²) in [4.78, 5) is 12.4. The lowest BCUT2D eigenvalue weighted by atomic mass is 10.1. The maximum absolute atomic E-state index is 12.4. The Labute approximate surface area is 149 Å². The van der Waals surface area contributed by atoms with E-state index in [1.807, 2.05) is 57.4 Å². The minimum Gasteiger partial charge on any atom is -0.488 e. The number of aryl methyl sites for hydroxylation is 1. The Morgan fingerprint density at radius 3 is 2.46 bits per heavy atom. The molecule has 24 heavy (non-hydrogen) atoms. The number of benzene rings is 1. The zero-order chi connectivity index (χ0) is 17.4. The second-order valence-corrected chi connectivity index (χ2v) is 6.93. The van der Waals surface area contributed by atoms with Crippen LogP contribution in [0.1, 0.15) is 43.7 Å². The molecule has 0 aliphatic heterocycles. The van der Waals surface area contributed by atoms with Gasteiger partial charge in [0.05, 0.1) is 18.7 Å². The largest absolute Gasteiger partial charge is 0.488 e. The van der Waals surface area contributed by atoms with Crippen molar-refractivity contribution in [1.82, 2.24) is 4.57 Å². The first kappa shape index (κ1) is 20.3. The molecule has 0 aliphatic rings. The summed E-state index contributed by atoms with van der Waals surface area (Å²) >= 11 is 0. The van der Waals surface area contributed by atoms with Gasteiger partial charge in [0.2, 0.25) is 0 Å². The molecule has 0 bridgehead atoms. The van der Waals surface area contributed by atoms with Gasteiger partial charge in [-0.15, -0.1) is 12.4 Å². The summed E-state index contributed by atoms with van der Waals surface area (Å²) in [5.74, 6) is 0.147. The fourth-order valence-corrected chi connectivity index (χ4v) is 2.66. The Morgan fingerprint density at radius 1 is 1.33 bits per heavy atom. The van der Waals surface area contributed by atoms with Gasteiger partial charge < -0.3 is 19.8 Å². The lowest BCUT2D eigenvalue weighted by molar-refractivity contribution is 0.0581. The van der Waals surface area contributed by atoms with Gasteiger partial charge in [-0.3, -0.25) is 0 Å². The molecule has 0 amide bonds. The minimum absolute atomic E-state index is 0. The van der Waals surface area contributed by atoms with Gasteiger partial charge in [-0.25, -0.2) is 4.79 Å². The molecule has 0 fully saturated rings. The Morgan fingerprint density at radius 2 is 1.96 bits per heavy atom. The Hall–Kier alpha value is -1.72. The van der Waals surface area contributed by atoms with Crippen LogP contribution < -0.4 is 10.5 Å². The van der Waals surface area contributed by atoms with Crippen molar-refractivity contribution in [2.75, 3.05) is 7.11 Å². The van der Waals surface area contributed by atoms with Crippen molar-refractivity contribution in [3.8, 4) is 5.75 Å². The highest BCUT2D eigenvalue weighted by Crippen LogP contribution is 2.36. The summed E-state index contributed by atoms with van der Waals surface area (Å²) in [5, 5.41) is 0.906. The predicted molar refractivity (Wildman–Crippen MR) is 99.3 cm³/mol.